The predicted octanol–water partition coefficient (Wildman–Crippen LogP) is 4.94. The maximum Gasteiger partial charge on any atom is 0.262 e. The third-order valence-electron chi connectivity index (χ3n) is 7.07. The van der Waals surface area contributed by atoms with Gasteiger partial charge in [-0.2, -0.15) is 0 Å². The number of hydrogen-bond acceptors (Lipinski definition) is 6. The van der Waals surface area contributed by atoms with Crippen LogP contribution in [0.4, 0.5) is 0 Å². The molecule has 0 radical (unpaired) electrons. The Kier molecular flexibility index (Phi) is 8.33. The molecule has 2 N–H and O–H groups in total. The lowest BCUT2D eigenvalue weighted by Gasteiger charge is -2.23. The van der Waals surface area contributed by atoms with Gasteiger partial charge in [-0.1, -0.05) is 56.3 Å². The summed E-state index contributed by atoms with van der Waals surface area (Å²) >= 11 is 1.41. The van der Waals surface area contributed by atoms with Crippen LogP contribution in [0.1, 0.15) is 48.5 Å². The van der Waals surface area contributed by atoms with E-state index in [0.717, 1.165) is 39.6 Å². The third-order valence-corrected chi connectivity index (χ3v) is 8.19. The van der Waals surface area contributed by atoms with Gasteiger partial charge in [0.1, 0.15) is 6.04 Å². The number of nitrogens with zero attached hydrogens (tertiary/aromatic N) is 2. The first-order valence-electron chi connectivity index (χ1n) is 13.6. The van der Waals surface area contributed by atoms with Crippen LogP contribution in [0, 0.1) is 5.92 Å². The summed E-state index contributed by atoms with van der Waals surface area (Å²) in [5.41, 5.74) is 1.86. The van der Waals surface area contributed by atoms with Gasteiger partial charge in [-0.25, -0.2) is 0 Å². The Balaban J connectivity index is 1.21. The highest BCUT2D eigenvalue weighted by molar-refractivity contribution is 7.20. The number of amides is 2. The molecule has 2 aromatic heterocycles. The van der Waals surface area contributed by atoms with E-state index in [9.17, 15) is 14.4 Å². The minimum Gasteiger partial charge on any atom is -0.344 e. The van der Waals surface area contributed by atoms with Gasteiger partial charge in [-0.05, 0) is 61.4 Å². The number of hydrogen-bond donors (Lipinski definition) is 2. The van der Waals surface area contributed by atoms with E-state index in [0.29, 0.717) is 24.3 Å². The summed E-state index contributed by atoms with van der Waals surface area (Å²) in [5.74, 6) is -0.390. The van der Waals surface area contributed by atoms with Crippen molar-refractivity contribution in [2.24, 2.45) is 5.92 Å². The van der Waals surface area contributed by atoms with Gasteiger partial charge in [0.25, 0.3) is 5.91 Å². The summed E-state index contributed by atoms with van der Waals surface area (Å²) in [7, 11) is 0. The number of rotatable bonds is 8. The molecule has 1 aliphatic heterocycles. The fraction of sp³-hybridized carbons (Fsp3) is 0.355. The predicted molar refractivity (Wildman–Crippen MR) is 156 cm³/mol. The lowest BCUT2D eigenvalue weighted by atomic mass is 10.0. The van der Waals surface area contributed by atoms with Gasteiger partial charge in [0, 0.05) is 16.6 Å². The Labute approximate surface area is 232 Å². The number of benzene rings is 2. The molecular weight excluding hydrogens is 508 g/mol. The molecule has 0 spiro atoms. The van der Waals surface area contributed by atoms with Gasteiger partial charge in [0.15, 0.2) is 5.78 Å². The van der Waals surface area contributed by atoms with Crippen LogP contribution in [-0.2, 0) is 16.1 Å². The molecule has 39 heavy (non-hydrogen) atoms. The second-order valence-electron chi connectivity index (χ2n) is 10.7. The largest absolute Gasteiger partial charge is 0.344 e. The molecule has 0 aliphatic carbocycles. The number of Topliss-reactive ketones (excluding diaryl/α,β-unsaturated/α-hetero) is 1. The van der Waals surface area contributed by atoms with E-state index >= 15 is 0 Å². The fourth-order valence-corrected chi connectivity index (χ4v) is 6.07. The van der Waals surface area contributed by atoms with Crippen LogP contribution < -0.4 is 10.6 Å². The number of ketones is 1. The number of aromatic nitrogens is 1. The molecule has 202 valence electrons. The van der Waals surface area contributed by atoms with Gasteiger partial charge in [-0.15, -0.1) is 11.3 Å². The van der Waals surface area contributed by atoms with E-state index < -0.39 is 12.1 Å². The lowest BCUT2D eigenvalue weighted by molar-refractivity contribution is -0.129. The Morgan fingerprint density at radius 2 is 1.82 bits per heavy atom. The zero-order chi connectivity index (χ0) is 27.4. The Bertz CT molecular complexity index is 1460. The van der Waals surface area contributed by atoms with E-state index in [4.69, 9.17) is 4.98 Å². The number of para-hydroxylation sites is 1. The van der Waals surface area contributed by atoms with Crippen LogP contribution in [0.5, 0.6) is 0 Å². The van der Waals surface area contributed by atoms with E-state index in [2.05, 4.69) is 21.6 Å². The number of nitrogens with one attached hydrogen (secondary N) is 2. The summed E-state index contributed by atoms with van der Waals surface area (Å²) in [6.07, 6.45) is 1.85. The number of carbonyl (C=O) groups excluding carboxylic acids is 3. The van der Waals surface area contributed by atoms with Crippen molar-refractivity contribution < 1.29 is 14.4 Å². The van der Waals surface area contributed by atoms with Gasteiger partial charge in [0.2, 0.25) is 5.91 Å². The summed E-state index contributed by atoms with van der Waals surface area (Å²) in [6.45, 7) is 5.62. The minimum absolute atomic E-state index is 0.0132. The monoisotopic (exact) mass is 542 g/mol. The molecule has 7 nitrogen and oxygen atoms in total. The normalized spacial score (nSPS) is 17.3. The van der Waals surface area contributed by atoms with Crippen molar-refractivity contribution in [1.29, 1.82) is 0 Å². The minimum atomic E-state index is -0.711. The van der Waals surface area contributed by atoms with Crippen molar-refractivity contribution in [2.75, 3.05) is 13.1 Å². The lowest BCUT2D eigenvalue weighted by Crippen LogP contribution is -2.52. The first-order chi connectivity index (χ1) is 18.9. The number of thiophene rings is 1. The summed E-state index contributed by atoms with van der Waals surface area (Å²) < 4.78 is 1.03. The first kappa shape index (κ1) is 27.0. The molecule has 0 bridgehead atoms. The maximum absolute atomic E-state index is 13.3. The molecule has 3 heterocycles. The van der Waals surface area contributed by atoms with Crippen molar-refractivity contribution in [1.82, 2.24) is 20.5 Å². The fourth-order valence-electron chi connectivity index (χ4n) is 5.10. The second kappa shape index (κ2) is 12.1. The average molecular weight is 543 g/mol. The standard InChI is InChI=1S/C31H34N4O3S/c1-20(2)16-26(34-31(38)29-17-22-9-4-6-12-28(22)39-29)30(37)33-25-11-7-15-35(19-27(25)36)18-23-14-13-21-8-3-5-10-24(21)32-23/h3-6,8-10,12-14,17,20,25-26H,7,11,15-16,18-19H2,1-2H3,(H,33,37)(H,34,38)/t25?,26-/m0/s1. The topological polar surface area (TPSA) is 91.4 Å². The quantitative estimate of drug-likeness (QED) is 0.329. The van der Waals surface area contributed by atoms with Crippen molar-refractivity contribution >= 4 is 49.9 Å². The first-order valence-corrected chi connectivity index (χ1v) is 14.4. The van der Waals surface area contributed by atoms with E-state index in [1.165, 1.54) is 11.3 Å². The Hall–Kier alpha value is -3.62. The van der Waals surface area contributed by atoms with Crippen LogP contribution in [-0.4, -0.2) is 52.7 Å². The van der Waals surface area contributed by atoms with Gasteiger partial charge < -0.3 is 10.6 Å². The number of fused-ring (bicyclic) bond motifs is 2. The van der Waals surface area contributed by atoms with Crippen molar-refractivity contribution in [3.63, 3.8) is 0 Å². The molecule has 1 aliphatic rings. The van der Waals surface area contributed by atoms with Gasteiger partial charge in [0.05, 0.1) is 28.7 Å². The molecule has 0 saturated carbocycles. The van der Waals surface area contributed by atoms with E-state index in [-0.39, 0.29) is 30.1 Å². The zero-order valence-electron chi connectivity index (χ0n) is 22.4. The van der Waals surface area contributed by atoms with Crippen LogP contribution in [0.2, 0.25) is 0 Å². The molecule has 2 amide bonds. The number of likely N-dealkylation sites (tertiary alicyclic amines) is 1. The molecule has 2 atom stereocenters. The van der Waals surface area contributed by atoms with Crippen LogP contribution in [0.3, 0.4) is 0 Å². The van der Waals surface area contributed by atoms with Crippen LogP contribution in [0.15, 0.2) is 66.7 Å². The smallest absolute Gasteiger partial charge is 0.262 e. The van der Waals surface area contributed by atoms with Gasteiger partial charge in [-0.3, -0.25) is 24.3 Å². The summed E-state index contributed by atoms with van der Waals surface area (Å²) in [4.78, 5) is 47.0. The van der Waals surface area contributed by atoms with E-state index in [1.807, 2.05) is 74.5 Å². The highest BCUT2D eigenvalue weighted by Gasteiger charge is 2.30. The third kappa shape index (κ3) is 6.69. The molecule has 8 heteroatoms. The van der Waals surface area contributed by atoms with Crippen LogP contribution in [0.25, 0.3) is 21.0 Å². The molecule has 2 aromatic carbocycles. The van der Waals surface area contributed by atoms with Crippen molar-refractivity contribution in [2.45, 2.75) is 51.7 Å². The second-order valence-corrected chi connectivity index (χ2v) is 11.8. The van der Waals surface area contributed by atoms with Crippen LogP contribution >= 0.6 is 11.3 Å². The summed E-state index contributed by atoms with van der Waals surface area (Å²) in [5, 5.41) is 7.99. The Morgan fingerprint density at radius 3 is 2.62 bits per heavy atom. The highest BCUT2D eigenvalue weighted by Crippen LogP contribution is 2.25. The molecule has 1 fully saturated rings. The zero-order valence-corrected chi connectivity index (χ0v) is 23.2. The molecule has 5 rings (SSSR count). The summed E-state index contributed by atoms with van der Waals surface area (Å²) in [6, 6.07) is 20.5. The SMILES string of the molecule is CC(C)C[C@H](NC(=O)c1cc2ccccc2s1)C(=O)NC1CCCN(Cc2ccc3ccccc3n2)CC1=O. The van der Waals surface area contributed by atoms with Gasteiger partial charge >= 0.3 is 0 Å². The number of pyridine rings is 1. The average Bonchev–Trinajstić information content (AvgIpc) is 3.28. The Morgan fingerprint density at radius 1 is 1.05 bits per heavy atom. The molecule has 4 aromatic rings. The molecule has 1 unspecified atom stereocenters. The molecular formula is C31H34N4O3S. The highest BCUT2D eigenvalue weighted by atomic mass is 32.1. The van der Waals surface area contributed by atoms with E-state index in [1.54, 1.807) is 0 Å². The number of carbonyl (C=O) groups is 3. The maximum atomic E-state index is 13.3. The van der Waals surface area contributed by atoms with Crippen molar-refractivity contribution in [3.8, 4) is 0 Å². The van der Waals surface area contributed by atoms with Crippen molar-refractivity contribution in [3.05, 3.63) is 77.3 Å². The molecule has 1 saturated heterocycles.